The van der Waals surface area contributed by atoms with Gasteiger partial charge in [-0.05, 0) is 72.6 Å². The lowest BCUT2D eigenvalue weighted by Gasteiger charge is -2.23. The van der Waals surface area contributed by atoms with Gasteiger partial charge in [0.05, 0.1) is 22.6 Å². The van der Waals surface area contributed by atoms with Crippen LogP contribution in [0.4, 0.5) is 11.4 Å². The van der Waals surface area contributed by atoms with E-state index in [0.29, 0.717) is 37.5 Å². The van der Waals surface area contributed by atoms with Crippen LogP contribution in [0.3, 0.4) is 0 Å². The number of amides is 1. The fraction of sp³-hybridized carbons (Fsp3) is 0.133. The fourth-order valence-corrected chi connectivity index (χ4v) is 6.02. The molecule has 4 rings (SSSR count). The van der Waals surface area contributed by atoms with Crippen molar-refractivity contribution in [3.63, 3.8) is 0 Å². The van der Waals surface area contributed by atoms with Crippen molar-refractivity contribution in [3.8, 4) is 11.5 Å². The first kappa shape index (κ1) is 32.5. The molecule has 0 aliphatic rings. The van der Waals surface area contributed by atoms with E-state index >= 15 is 0 Å². The number of ether oxygens (including phenoxy) is 2. The number of hydrogen-bond donors (Lipinski definition) is 1. The van der Waals surface area contributed by atoms with E-state index in [4.69, 9.17) is 21.1 Å². The minimum absolute atomic E-state index is 0.144. The third kappa shape index (κ3) is 8.34. The van der Waals surface area contributed by atoms with Gasteiger partial charge in [0.2, 0.25) is 0 Å². The van der Waals surface area contributed by atoms with Gasteiger partial charge in [-0.3, -0.25) is 14.9 Å². The average molecular weight is 702 g/mol. The molecule has 228 valence electrons. The van der Waals surface area contributed by atoms with E-state index in [-0.39, 0.29) is 17.2 Å². The molecule has 0 bridgehead atoms. The molecular formula is C30H26BrClN4O7S. The van der Waals surface area contributed by atoms with Crippen molar-refractivity contribution in [1.82, 2.24) is 5.43 Å². The molecule has 0 aromatic heterocycles. The zero-order valence-electron chi connectivity index (χ0n) is 23.2. The van der Waals surface area contributed by atoms with Crippen LogP contribution in [0.1, 0.15) is 18.1 Å². The minimum Gasteiger partial charge on any atom is -0.490 e. The maximum absolute atomic E-state index is 13.6. The third-order valence-corrected chi connectivity index (χ3v) is 8.48. The summed E-state index contributed by atoms with van der Waals surface area (Å²) >= 11 is 9.21. The summed E-state index contributed by atoms with van der Waals surface area (Å²) in [5, 5.41) is 16.3. The predicted molar refractivity (Wildman–Crippen MR) is 171 cm³/mol. The van der Waals surface area contributed by atoms with Gasteiger partial charge in [-0.15, -0.1) is 0 Å². The first-order valence-electron chi connectivity index (χ1n) is 13.1. The van der Waals surface area contributed by atoms with Crippen molar-refractivity contribution < 1.29 is 27.6 Å². The van der Waals surface area contributed by atoms with Crippen LogP contribution in [0, 0.1) is 10.1 Å². The molecule has 1 amide bonds. The second-order valence-electron chi connectivity index (χ2n) is 9.07. The highest BCUT2D eigenvalue weighted by molar-refractivity contribution is 9.10. The second-order valence-corrected chi connectivity index (χ2v) is 12.3. The smallest absolute Gasteiger partial charge is 0.294 e. The average Bonchev–Trinajstić information content (AvgIpc) is 3.00. The van der Waals surface area contributed by atoms with Gasteiger partial charge < -0.3 is 9.47 Å². The molecule has 0 atom stereocenters. The Kier molecular flexibility index (Phi) is 10.9. The number of anilines is 1. The Morgan fingerprint density at radius 1 is 1.02 bits per heavy atom. The molecule has 4 aromatic carbocycles. The van der Waals surface area contributed by atoms with Gasteiger partial charge >= 0.3 is 0 Å². The van der Waals surface area contributed by atoms with Gasteiger partial charge in [-0.1, -0.05) is 57.9 Å². The van der Waals surface area contributed by atoms with Crippen molar-refractivity contribution >= 4 is 61.1 Å². The summed E-state index contributed by atoms with van der Waals surface area (Å²) in [7, 11) is -4.38. The number of hydrazone groups is 1. The molecule has 11 nitrogen and oxygen atoms in total. The van der Waals surface area contributed by atoms with Crippen LogP contribution in [0.25, 0.3) is 0 Å². The summed E-state index contributed by atoms with van der Waals surface area (Å²) in [6.07, 6.45) is 1.35. The first-order chi connectivity index (χ1) is 21.1. The Bertz CT molecular complexity index is 1790. The summed E-state index contributed by atoms with van der Waals surface area (Å²) in [4.78, 5) is 23.9. The van der Waals surface area contributed by atoms with Crippen LogP contribution >= 0.6 is 27.5 Å². The van der Waals surface area contributed by atoms with E-state index < -0.39 is 33.1 Å². The van der Waals surface area contributed by atoms with E-state index in [0.717, 1.165) is 11.6 Å². The Hall–Kier alpha value is -4.46. The van der Waals surface area contributed by atoms with Crippen LogP contribution in [-0.4, -0.2) is 38.6 Å². The summed E-state index contributed by atoms with van der Waals surface area (Å²) in [6, 6.07) is 23.5. The molecule has 0 saturated carbocycles. The molecule has 0 aliphatic heterocycles. The van der Waals surface area contributed by atoms with Gasteiger partial charge in [-0.2, -0.15) is 5.10 Å². The summed E-state index contributed by atoms with van der Waals surface area (Å²) in [5.74, 6) is 0.114. The van der Waals surface area contributed by atoms with Crippen LogP contribution in [0.2, 0.25) is 5.02 Å². The summed E-state index contributed by atoms with van der Waals surface area (Å²) in [6.45, 7) is 1.69. The normalized spacial score (nSPS) is 11.2. The highest BCUT2D eigenvalue weighted by atomic mass is 79.9. The molecule has 14 heteroatoms. The van der Waals surface area contributed by atoms with Gasteiger partial charge in [0.25, 0.3) is 21.6 Å². The zero-order chi connectivity index (χ0) is 31.7. The van der Waals surface area contributed by atoms with Crippen LogP contribution < -0.4 is 19.2 Å². The molecule has 0 heterocycles. The number of sulfonamides is 1. The molecular weight excluding hydrogens is 676 g/mol. The SMILES string of the molecule is CCOc1cc(/C=N/NC(=O)CN(c2ccc(Br)cc2[N+](=O)[O-])S(=O)(=O)c2ccccc2)ccc1OCc1cccc(Cl)c1. The van der Waals surface area contributed by atoms with E-state index in [1.807, 2.05) is 19.1 Å². The van der Waals surface area contributed by atoms with Crippen LogP contribution in [0.5, 0.6) is 11.5 Å². The van der Waals surface area contributed by atoms with Gasteiger partial charge in [0.1, 0.15) is 18.8 Å². The largest absolute Gasteiger partial charge is 0.490 e. The lowest BCUT2D eigenvalue weighted by atomic mass is 10.2. The van der Waals surface area contributed by atoms with E-state index in [9.17, 15) is 23.3 Å². The third-order valence-electron chi connectivity index (χ3n) is 5.98. The number of rotatable bonds is 13. The van der Waals surface area contributed by atoms with Crippen LogP contribution in [-0.2, 0) is 21.4 Å². The van der Waals surface area contributed by atoms with E-state index in [2.05, 4.69) is 26.5 Å². The minimum atomic E-state index is -4.38. The summed E-state index contributed by atoms with van der Waals surface area (Å²) in [5.41, 5.74) is 2.95. The number of nitro benzene ring substituents is 1. The molecule has 0 aliphatic carbocycles. The number of nitrogens with one attached hydrogen (secondary N) is 1. The van der Waals surface area contributed by atoms with Crippen molar-refractivity contribution in [3.05, 3.63) is 122 Å². The fourth-order valence-electron chi connectivity index (χ4n) is 4.00. The van der Waals surface area contributed by atoms with Crippen molar-refractivity contribution in [2.45, 2.75) is 18.4 Å². The number of carbonyl (C=O) groups excluding carboxylic acids is 1. The van der Waals surface area contributed by atoms with Gasteiger partial charge in [0.15, 0.2) is 11.5 Å². The molecule has 0 unspecified atom stereocenters. The molecule has 44 heavy (non-hydrogen) atoms. The summed E-state index contributed by atoms with van der Waals surface area (Å²) < 4.78 is 39.8. The monoisotopic (exact) mass is 700 g/mol. The molecule has 0 radical (unpaired) electrons. The van der Waals surface area contributed by atoms with E-state index in [1.54, 1.807) is 36.4 Å². The highest BCUT2D eigenvalue weighted by Crippen LogP contribution is 2.34. The standard InChI is InChI=1S/C30H26BrClN4O7S/c1-2-42-29-16-21(11-14-28(29)43-20-22-7-6-8-24(32)15-22)18-33-34-30(37)19-35(44(40,41)25-9-4-3-5-10-25)26-13-12-23(31)17-27(26)36(38)39/h3-18H,2,19-20H2,1H3,(H,34,37)/b33-18+. The Morgan fingerprint density at radius 2 is 1.80 bits per heavy atom. The lowest BCUT2D eigenvalue weighted by Crippen LogP contribution is -2.39. The molecule has 0 fully saturated rings. The number of benzene rings is 4. The van der Waals surface area contributed by atoms with E-state index in [1.165, 1.54) is 42.6 Å². The van der Waals surface area contributed by atoms with Crippen molar-refractivity contribution in [1.29, 1.82) is 0 Å². The molecule has 4 aromatic rings. The molecule has 1 N–H and O–H groups in total. The lowest BCUT2D eigenvalue weighted by molar-refractivity contribution is -0.384. The quantitative estimate of drug-likeness (QED) is 0.0976. The molecule has 0 spiro atoms. The van der Waals surface area contributed by atoms with Gasteiger partial charge in [-0.25, -0.2) is 18.1 Å². The Morgan fingerprint density at radius 3 is 2.50 bits per heavy atom. The highest BCUT2D eigenvalue weighted by Gasteiger charge is 2.32. The zero-order valence-corrected chi connectivity index (χ0v) is 26.4. The Labute approximate surface area is 267 Å². The van der Waals surface area contributed by atoms with Crippen LogP contribution in [0.15, 0.2) is 105 Å². The number of hydrogen-bond acceptors (Lipinski definition) is 8. The number of halogens is 2. The first-order valence-corrected chi connectivity index (χ1v) is 15.7. The number of nitro groups is 1. The predicted octanol–water partition coefficient (Wildman–Crippen LogP) is 6.33. The maximum Gasteiger partial charge on any atom is 0.294 e. The van der Waals surface area contributed by atoms with Crippen molar-refractivity contribution in [2.75, 3.05) is 17.5 Å². The number of carbonyl (C=O) groups is 1. The second kappa shape index (κ2) is 14.8. The van der Waals surface area contributed by atoms with Crippen molar-refractivity contribution in [2.24, 2.45) is 5.10 Å². The Balaban J connectivity index is 1.52. The number of nitrogens with zero attached hydrogens (tertiary/aromatic N) is 3. The maximum atomic E-state index is 13.6. The molecule has 0 saturated heterocycles. The van der Waals surface area contributed by atoms with Gasteiger partial charge in [0, 0.05) is 15.6 Å². The topological polar surface area (TPSA) is 140 Å².